The van der Waals surface area contributed by atoms with Crippen LogP contribution in [0.2, 0.25) is 0 Å². The maximum absolute atomic E-state index is 2.47. The Kier molecular flexibility index (Phi) is 7.93. The third-order valence-corrected chi connectivity index (χ3v) is 14.5. The molecular formula is C62H43N3. The summed E-state index contributed by atoms with van der Waals surface area (Å²) in [5.74, 6) is 0.421. The molecule has 14 rings (SSSR count). The molecule has 3 heteroatoms. The average Bonchev–Trinajstić information content (AvgIpc) is 4.02. The summed E-state index contributed by atoms with van der Waals surface area (Å²) in [6.07, 6.45) is 18.6. The van der Waals surface area contributed by atoms with Gasteiger partial charge in [0.1, 0.15) is 0 Å². The molecular weight excluding hydrogens is 787 g/mol. The zero-order valence-corrected chi connectivity index (χ0v) is 35.8. The van der Waals surface area contributed by atoms with E-state index in [0.717, 1.165) is 24.2 Å². The first-order valence-electron chi connectivity index (χ1n) is 23.0. The van der Waals surface area contributed by atoms with Crippen molar-refractivity contribution in [2.75, 3.05) is 0 Å². The van der Waals surface area contributed by atoms with Crippen molar-refractivity contribution in [1.29, 1.82) is 0 Å². The second-order valence-electron chi connectivity index (χ2n) is 17.9. The minimum Gasteiger partial charge on any atom is -0.310 e. The fraction of sp³-hybridized carbons (Fsp3) is 0.0645. The highest BCUT2D eigenvalue weighted by Crippen LogP contribution is 2.51. The molecule has 0 saturated heterocycles. The molecule has 3 nitrogen and oxygen atoms in total. The first kappa shape index (κ1) is 36.4. The number of aromatic nitrogens is 3. The summed E-state index contributed by atoms with van der Waals surface area (Å²) in [6.45, 7) is 0. The number of benzene rings is 8. The Morgan fingerprint density at radius 3 is 1.65 bits per heavy atom. The van der Waals surface area contributed by atoms with E-state index in [9.17, 15) is 0 Å². The number of hydrogen-bond donors (Lipinski definition) is 0. The maximum Gasteiger partial charge on any atom is 0.0547 e. The van der Waals surface area contributed by atoms with Crippen molar-refractivity contribution in [2.45, 2.75) is 18.8 Å². The molecule has 2 unspecified atom stereocenters. The number of aryl methyl sites for hydroxylation is 1. The Morgan fingerprint density at radius 1 is 0.415 bits per heavy atom. The molecule has 0 spiro atoms. The van der Waals surface area contributed by atoms with Crippen molar-refractivity contribution >= 4 is 72.2 Å². The molecule has 3 aliphatic rings. The summed E-state index contributed by atoms with van der Waals surface area (Å²) < 4.78 is 7.30. The monoisotopic (exact) mass is 829 g/mol. The van der Waals surface area contributed by atoms with Crippen LogP contribution in [0.1, 0.15) is 40.3 Å². The van der Waals surface area contributed by atoms with Crippen LogP contribution in [0.5, 0.6) is 0 Å². The molecule has 3 aliphatic carbocycles. The van der Waals surface area contributed by atoms with Gasteiger partial charge >= 0.3 is 0 Å². The minimum atomic E-state index is 0.202. The van der Waals surface area contributed by atoms with Gasteiger partial charge in [0.05, 0.1) is 27.6 Å². The van der Waals surface area contributed by atoms with Gasteiger partial charge in [-0.15, -0.1) is 0 Å². The molecule has 0 aliphatic heterocycles. The molecule has 306 valence electrons. The predicted octanol–water partition coefficient (Wildman–Crippen LogP) is 15.8. The van der Waals surface area contributed by atoms with Gasteiger partial charge in [0.15, 0.2) is 0 Å². The number of para-hydroxylation sites is 4. The van der Waals surface area contributed by atoms with Crippen molar-refractivity contribution < 1.29 is 0 Å². The van der Waals surface area contributed by atoms with Crippen LogP contribution < -0.4 is 0 Å². The molecule has 0 fully saturated rings. The van der Waals surface area contributed by atoms with Gasteiger partial charge in [-0.05, 0) is 125 Å². The predicted molar refractivity (Wildman–Crippen MR) is 274 cm³/mol. The lowest BCUT2D eigenvalue weighted by Gasteiger charge is -2.34. The van der Waals surface area contributed by atoms with Crippen LogP contribution in [0.3, 0.4) is 0 Å². The van der Waals surface area contributed by atoms with Gasteiger partial charge in [0.25, 0.3) is 0 Å². The number of nitrogens with zero attached hydrogens (tertiary/aromatic N) is 3. The Morgan fingerprint density at radius 2 is 0.938 bits per heavy atom. The van der Waals surface area contributed by atoms with Crippen LogP contribution in [-0.4, -0.2) is 13.7 Å². The summed E-state index contributed by atoms with van der Waals surface area (Å²) >= 11 is 0. The Hall–Kier alpha value is -8.14. The van der Waals surface area contributed by atoms with Gasteiger partial charge in [0, 0.05) is 61.5 Å². The van der Waals surface area contributed by atoms with Crippen LogP contribution >= 0.6 is 0 Å². The van der Waals surface area contributed by atoms with Crippen molar-refractivity contribution in [1.82, 2.24) is 13.7 Å². The SMILES string of the molecule is C1=CC2C(c3ccc(-n4c5c(c6ccccc64)CCC=C5)cc3)=Cc3cccc(-c4cccc5c4c4ccccc4n5-c4ccc(-n5c6ccccc6c6ccccc65)cc4)c3C2C=C1. The summed E-state index contributed by atoms with van der Waals surface area (Å²) in [5.41, 5.74) is 20.3. The summed E-state index contributed by atoms with van der Waals surface area (Å²) in [5, 5.41) is 6.46. The molecule has 0 amide bonds. The molecule has 0 saturated carbocycles. The molecule has 8 aromatic carbocycles. The van der Waals surface area contributed by atoms with Crippen molar-refractivity contribution in [3.8, 4) is 28.2 Å². The first-order valence-corrected chi connectivity index (χ1v) is 23.0. The summed E-state index contributed by atoms with van der Waals surface area (Å²) in [7, 11) is 0. The fourth-order valence-corrected chi connectivity index (χ4v) is 11.8. The quantitative estimate of drug-likeness (QED) is 0.164. The second-order valence-corrected chi connectivity index (χ2v) is 17.9. The van der Waals surface area contributed by atoms with Gasteiger partial charge in [-0.3, -0.25) is 0 Å². The number of fused-ring (bicyclic) bond motifs is 12. The highest BCUT2D eigenvalue weighted by atomic mass is 15.0. The zero-order chi connectivity index (χ0) is 42.6. The van der Waals surface area contributed by atoms with E-state index in [2.05, 4.69) is 238 Å². The van der Waals surface area contributed by atoms with E-state index >= 15 is 0 Å². The fourth-order valence-electron chi connectivity index (χ4n) is 11.8. The lowest BCUT2D eigenvalue weighted by molar-refractivity contribution is 0.710. The highest BCUT2D eigenvalue weighted by molar-refractivity contribution is 6.16. The van der Waals surface area contributed by atoms with Gasteiger partial charge in [-0.1, -0.05) is 152 Å². The van der Waals surface area contributed by atoms with Gasteiger partial charge in [0.2, 0.25) is 0 Å². The topological polar surface area (TPSA) is 14.8 Å². The van der Waals surface area contributed by atoms with Crippen LogP contribution in [0.25, 0.3) is 100 Å². The average molecular weight is 830 g/mol. The highest BCUT2D eigenvalue weighted by Gasteiger charge is 2.33. The molecule has 3 heterocycles. The standard InChI is InChI=1S/C62H43N3/c1-2-21-50-45(16-1)54(40-31-33-42(34-32-40)63-55-25-8-3-17-46(55)47-18-4-9-26-56(47)63)39-41-15-13-23-51(61(41)50)52-24-14-30-60-62(52)53-22-7-12-29-59(53)65(60)44-37-35-43(36-38-44)64-57-27-10-5-19-48(57)49-20-6-11-28-58(49)64/h1-3,5-17,19-39,45,50H,4,18H2. The van der Waals surface area contributed by atoms with E-state index < -0.39 is 0 Å². The van der Waals surface area contributed by atoms with Gasteiger partial charge in [-0.25, -0.2) is 0 Å². The largest absolute Gasteiger partial charge is 0.310 e. The Bertz CT molecular complexity index is 3820. The minimum absolute atomic E-state index is 0.202. The normalized spacial score (nSPS) is 16.4. The van der Waals surface area contributed by atoms with E-state index in [4.69, 9.17) is 0 Å². The van der Waals surface area contributed by atoms with Crippen molar-refractivity contribution in [2.24, 2.45) is 5.92 Å². The molecule has 65 heavy (non-hydrogen) atoms. The lowest BCUT2D eigenvalue weighted by Crippen LogP contribution is -2.19. The number of rotatable bonds is 5. The lowest BCUT2D eigenvalue weighted by atomic mass is 9.69. The molecule has 0 N–H and O–H groups in total. The van der Waals surface area contributed by atoms with E-state index in [1.165, 1.54) is 105 Å². The van der Waals surface area contributed by atoms with Gasteiger partial charge < -0.3 is 13.7 Å². The van der Waals surface area contributed by atoms with E-state index in [-0.39, 0.29) is 11.8 Å². The van der Waals surface area contributed by atoms with Gasteiger partial charge in [-0.2, -0.15) is 0 Å². The second kappa shape index (κ2) is 14.2. The summed E-state index contributed by atoms with van der Waals surface area (Å²) in [6, 6.07) is 67.5. The Labute approximate surface area is 377 Å². The van der Waals surface area contributed by atoms with Crippen molar-refractivity contribution in [3.05, 3.63) is 240 Å². The van der Waals surface area contributed by atoms with E-state index in [1.807, 2.05) is 0 Å². The van der Waals surface area contributed by atoms with Crippen LogP contribution in [-0.2, 0) is 6.42 Å². The molecule has 3 aromatic heterocycles. The maximum atomic E-state index is 2.47. The molecule has 0 bridgehead atoms. The van der Waals surface area contributed by atoms with E-state index in [0.29, 0.717) is 0 Å². The van der Waals surface area contributed by atoms with Crippen LogP contribution in [0.4, 0.5) is 0 Å². The first-order chi connectivity index (χ1) is 32.3. The zero-order valence-electron chi connectivity index (χ0n) is 35.8. The van der Waals surface area contributed by atoms with E-state index in [1.54, 1.807) is 0 Å². The third kappa shape index (κ3) is 5.36. The molecule has 2 atom stereocenters. The number of allylic oxidation sites excluding steroid dienone is 6. The van der Waals surface area contributed by atoms with Crippen LogP contribution in [0, 0.1) is 5.92 Å². The molecule has 0 radical (unpaired) electrons. The summed E-state index contributed by atoms with van der Waals surface area (Å²) in [4.78, 5) is 0. The smallest absolute Gasteiger partial charge is 0.0547 e. The van der Waals surface area contributed by atoms with Crippen LogP contribution in [0.15, 0.2) is 212 Å². The number of hydrogen-bond acceptors (Lipinski definition) is 0. The third-order valence-electron chi connectivity index (χ3n) is 14.5. The Balaban J connectivity index is 0.887. The molecule has 11 aromatic rings. The van der Waals surface area contributed by atoms with Crippen molar-refractivity contribution in [3.63, 3.8) is 0 Å².